The van der Waals surface area contributed by atoms with E-state index in [0.717, 1.165) is 41.5 Å². The monoisotopic (exact) mass is 480 g/mol. The highest BCUT2D eigenvalue weighted by Gasteiger charge is 2.17. The summed E-state index contributed by atoms with van der Waals surface area (Å²) in [5.41, 5.74) is 2.94. The van der Waals surface area contributed by atoms with Crippen LogP contribution in [0.25, 0.3) is 0 Å². The molecule has 0 spiro atoms. The molecule has 0 N–H and O–H groups in total. The molecular weight excluding hydrogens is 451 g/mol. The Hall–Kier alpha value is -1.75. The largest absolute Gasteiger partial charge is 0.369 e. The Balaban J connectivity index is 0.000000233. The molecule has 2 aromatic rings. The predicted molar refractivity (Wildman–Crippen MR) is 137 cm³/mol. The predicted octanol–water partition coefficient (Wildman–Crippen LogP) is 7.79. The summed E-state index contributed by atoms with van der Waals surface area (Å²) in [7, 11) is 3.88. The smallest absolute Gasteiger partial charge is 0.105 e. The average Bonchev–Trinajstić information content (AvgIpc) is 3.16. The lowest BCUT2D eigenvalue weighted by atomic mass is 10.2. The van der Waals surface area contributed by atoms with Gasteiger partial charge in [-0.2, -0.15) is 0 Å². The third-order valence-electron chi connectivity index (χ3n) is 4.72. The van der Waals surface area contributed by atoms with Crippen LogP contribution in [0.4, 0.5) is 11.4 Å². The molecule has 0 unspecified atom stereocenters. The lowest BCUT2D eigenvalue weighted by molar-refractivity contribution is 0.440. The molecule has 0 aliphatic carbocycles. The highest BCUT2D eigenvalue weighted by molar-refractivity contribution is 6.42. The Labute approximate surface area is 201 Å². The van der Waals surface area contributed by atoms with Gasteiger partial charge >= 0.3 is 0 Å². The molecule has 0 saturated carbocycles. The van der Waals surface area contributed by atoms with Crippen LogP contribution in [0, 0.1) is 6.92 Å². The van der Waals surface area contributed by atoms with Gasteiger partial charge in [0.15, 0.2) is 0 Å². The number of aliphatic imine (C=N–C) groups is 2. The third-order valence-corrected chi connectivity index (χ3v) is 5.70. The standard InChI is InChI=1S/C14H18Cl2N2.C10H13ClN2/c1-2-3-8-18-9-4-5-14(18)17-11-6-7-12(15)13(16)10-11;1-8-6-9(11)4-5-10(8)12-7-13(2)3/h6-7,10H,2-5,8-9H2,1H3;4-7H,1-3H3. The molecule has 1 fully saturated rings. The van der Waals surface area contributed by atoms with Crippen LogP contribution in [-0.2, 0) is 0 Å². The molecule has 1 aliphatic rings. The van der Waals surface area contributed by atoms with Gasteiger partial charge in [-0.15, -0.1) is 0 Å². The number of unbranched alkanes of at least 4 members (excludes halogenated alkanes) is 1. The minimum atomic E-state index is 0.566. The van der Waals surface area contributed by atoms with Gasteiger partial charge in [0.25, 0.3) is 0 Å². The number of benzene rings is 2. The Bertz CT molecular complexity index is 910. The molecule has 4 nitrogen and oxygen atoms in total. The Morgan fingerprint density at radius 3 is 2.48 bits per heavy atom. The molecule has 0 atom stereocenters. The molecule has 2 aromatic carbocycles. The molecule has 0 radical (unpaired) electrons. The number of halogens is 3. The van der Waals surface area contributed by atoms with Gasteiger partial charge in [-0.25, -0.2) is 9.98 Å². The van der Waals surface area contributed by atoms with E-state index in [4.69, 9.17) is 39.8 Å². The molecule has 7 heteroatoms. The summed E-state index contributed by atoms with van der Waals surface area (Å²) >= 11 is 17.7. The van der Waals surface area contributed by atoms with Crippen molar-refractivity contribution < 1.29 is 0 Å². The number of nitrogens with zero attached hydrogens (tertiary/aromatic N) is 4. The number of likely N-dealkylation sites (tertiary alicyclic amines) is 1. The van der Waals surface area contributed by atoms with Crippen molar-refractivity contribution in [1.82, 2.24) is 9.80 Å². The summed E-state index contributed by atoms with van der Waals surface area (Å²) in [6, 6.07) is 11.2. The maximum Gasteiger partial charge on any atom is 0.105 e. The number of aryl methyl sites for hydroxylation is 1. The van der Waals surface area contributed by atoms with Crippen molar-refractivity contribution in [1.29, 1.82) is 0 Å². The van der Waals surface area contributed by atoms with Crippen molar-refractivity contribution in [3.63, 3.8) is 0 Å². The molecular formula is C24H31Cl3N4. The summed E-state index contributed by atoms with van der Waals surface area (Å²) < 4.78 is 0. The average molecular weight is 482 g/mol. The van der Waals surface area contributed by atoms with Gasteiger partial charge in [0.05, 0.1) is 27.8 Å². The number of hydrogen-bond donors (Lipinski definition) is 0. The zero-order chi connectivity index (χ0) is 22.8. The number of hydrogen-bond acceptors (Lipinski definition) is 2. The normalized spacial score (nSPS) is 14.8. The van der Waals surface area contributed by atoms with Crippen molar-refractivity contribution >= 4 is 58.4 Å². The maximum absolute atomic E-state index is 6.00. The number of amidine groups is 1. The van der Waals surface area contributed by atoms with E-state index in [1.165, 1.54) is 25.1 Å². The fourth-order valence-electron chi connectivity index (χ4n) is 3.08. The van der Waals surface area contributed by atoms with Crippen molar-refractivity contribution in [2.45, 2.75) is 39.5 Å². The Morgan fingerprint density at radius 2 is 1.84 bits per heavy atom. The van der Waals surface area contributed by atoms with Crippen LogP contribution in [0.2, 0.25) is 15.1 Å². The second-order valence-electron chi connectivity index (χ2n) is 7.71. The molecule has 0 aromatic heterocycles. The minimum absolute atomic E-state index is 0.566. The highest BCUT2D eigenvalue weighted by atomic mass is 35.5. The van der Waals surface area contributed by atoms with E-state index in [0.29, 0.717) is 10.0 Å². The van der Waals surface area contributed by atoms with Crippen molar-refractivity contribution in [3.8, 4) is 0 Å². The SMILES string of the molecule is CCCCN1CCCC1=Nc1ccc(Cl)c(Cl)c1.Cc1cc(Cl)ccc1N=CN(C)C. The summed E-state index contributed by atoms with van der Waals surface area (Å²) in [6.07, 6.45) is 6.47. The molecule has 0 amide bonds. The first-order chi connectivity index (χ1) is 14.8. The van der Waals surface area contributed by atoms with E-state index in [9.17, 15) is 0 Å². The van der Waals surface area contributed by atoms with E-state index >= 15 is 0 Å². The van der Waals surface area contributed by atoms with Crippen LogP contribution in [0.3, 0.4) is 0 Å². The van der Waals surface area contributed by atoms with Crippen LogP contribution in [0.15, 0.2) is 46.4 Å². The molecule has 3 rings (SSSR count). The topological polar surface area (TPSA) is 31.2 Å². The van der Waals surface area contributed by atoms with Crippen LogP contribution in [0.1, 0.15) is 38.2 Å². The second kappa shape index (κ2) is 12.9. The summed E-state index contributed by atoms with van der Waals surface area (Å²) in [5, 5.41) is 1.90. The van der Waals surface area contributed by atoms with Crippen LogP contribution in [0.5, 0.6) is 0 Å². The molecule has 1 saturated heterocycles. The number of rotatable bonds is 6. The van der Waals surface area contributed by atoms with Gasteiger partial charge in [0.2, 0.25) is 0 Å². The van der Waals surface area contributed by atoms with E-state index in [-0.39, 0.29) is 0 Å². The van der Waals surface area contributed by atoms with Gasteiger partial charge in [0, 0.05) is 38.6 Å². The molecule has 0 bridgehead atoms. The van der Waals surface area contributed by atoms with E-state index < -0.39 is 0 Å². The van der Waals surface area contributed by atoms with E-state index in [2.05, 4.69) is 16.8 Å². The summed E-state index contributed by atoms with van der Waals surface area (Å²) in [5.74, 6) is 1.18. The third kappa shape index (κ3) is 8.72. The maximum atomic E-state index is 6.00. The first-order valence-electron chi connectivity index (χ1n) is 10.5. The van der Waals surface area contributed by atoms with Crippen molar-refractivity contribution in [2.75, 3.05) is 27.2 Å². The zero-order valence-electron chi connectivity index (χ0n) is 18.7. The van der Waals surface area contributed by atoms with Crippen molar-refractivity contribution in [3.05, 3.63) is 57.0 Å². The first kappa shape index (κ1) is 25.5. The van der Waals surface area contributed by atoms with Gasteiger partial charge < -0.3 is 9.80 Å². The lowest BCUT2D eigenvalue weighted by Crippen LogP contribution is -2.25. The Morgan fingerprint density at radius 1 is 1.06 bits per heavy atom. The molecule has 31 heavy (non-hydrogen) atoms. The molecule has 168 valence electrons. The van der Waals surface area contributed by atoms with E-state index in [1.807, 2.05) is 56.3 Å². The first-order valence-corrected chi connectivity index (χ1v) is 11.7. The zero-order valence-corrected chi connectivity index (χ0v) is 21.0. The van der Waals surface area contributed by atoms with Crippen LogP contribution >= 0.6 is 34.8 Å². The quantitative estimate of drug-likeness (QED) is 0.311. The van der Waals surface area contributed by atoms with Crippen LogP contribution < -0.4 is 0 Å². The van der Waals surface area contributed by atoms with Crippen molar-refractivity contribution in [2.24, 2.45) is 9.98 Å². The molecule has 1 aliphatic heterocycles. The summed E-state index contributed by atoms with van der Waals surface area (Å²) in [6.45, 7) is 6.44. The van der Waals surface area contributed by atoms with Gasteiger partial charge in [-0.1, -0.05) is 48.1 Å². The summed E-state index contributed by atoms with van der Waals surface area (Å²) in [4.78, 5) is 13.3. The fourth-order valence-corrected chi connectivity index (χ4v) is 3.60. The van der Waals surface area contributed by atoms with Gasteiger partial charge in [-0.05, 0) is 61.7 Å². The lowest BCUT2D eigenvalue weighted by Gasteiger charge is -2.18. The van der Waals surface area contributed by atoms with E-state index in [1.54, 1.807) is 12.4 Å². The van der Waals surface area contributed by atoms with Gasteiger partial charge in [0.1, 0.15) is 5.84 Å². The fraction of sp³-hybridized carbons (Fsp3) is 0.417. The Kier molecular flexibility index (Phi) is 10.7. The minimum Gasteiger partial charge on any atom is -0.369 e. The second-order valence-corrected chi connectivity index (χ2v) is 8.96. The van der Waals surface area contributed by atoms with Gasteiger partial charge in [-0.3, -0.25) is 0 Å². The highest BCUT2D eigenvalue weighted by Crippen LogP contribution is 2.28. The molecule has 1 heterocycles. The van der Waals surface area contributed by atoms with Crippen LogP contribution in [-0.4, -0.2) is 49.2 Å².